The van der Waals surface area contributed by atoms with Crippen LogP contribution in [0.2, 0.25) is 0 Å². The Morgan fingerprint density at radius 1 is 0.974 bits per heavy atom. The number of nitrogens with zero attached hydrogens (tertiary/aromatic N) is 5. The van der Waals surface area contributed by atoms with E-state index >= 15 is 0 Å². The molecule has 0 saturated heterocycles. The quantitative estimate of drug-likeness (QED) is 0.266. The number of anilines is 1. The van der Waals surface area contributed by atoms with Crippen LogP contribution in [0, 0.1) is 11.8 Å². The number of benzene rings is 2. The molecule has 2 aromatic heterocycles. The first-order chi connectivity index (χ1) is 18.9. The van der Waals surface area contributed by atoms with Gasteiger partial charge in [-0.3, -0.25) is 19.7 Å². The van der Waals surface area contributed by atoms with Crippen LogP contribution in [0.1, 0.15) is 63.7 Å². The van der Waals surface area contributed by atoms with Gasteiger partial charge >= 0.3 is 5.97 Å². The van der Waals surface area contributed by atoms with Crippen molar-refractivity contribution in [3.8, 4) is 16.8 Å². The summed E-state index contributed by atoms with van der Waals surface area (Å²) in [4.78, 5) is 37.2. The predicted octanol–water partition coefficient (Wildman–Crippen LogP) is 6.23. The van der Waals surface area contributed by atoms with Crippen molar-refractivity contribution in [2.24, 2.45) is 11.8 Å². The number of esters is 1. The minimum atomic E-state index is -0.483. The molecule has 1 saturated carbocycles. The van der Waals surface area contributed by atoms with E-state index in [0.29, 0.717) is 17.3 Å². The Hall–Kier alpha value is -4.07. The van der Waals surface area contributed by atoms with Crippen LogP contribution in [-0.2, 0) is 9.53 Å². The van der Waals surface area contributed by atoms with Crippen LogP contribution < -0.4 is 4.90 Å². The van der Waals surface area contributed by atoms with Crippen molar-refractivity contribution in [1.82, 2.24) is 19.7 Å². The molecule has 1 aliphatic carbocycles. The molecule has 0 aliphatic heterocycles. The maximum atomic E-state index is 13.7. The van der Waals surface area contributed by atoms with Gasteiger partial charge in [-0.05, 0) is 87.8 Å². The zero-order valence-corrected chi connectivity index (χ0v) is 23.0. The molecule has 5 rings (SSSR count). The van der Waals surface area contributed by atoms with Gasteiger partial charge in [0.25, 0.3) is 0 Å². The number of fused-ring (bicyclic) bond motifs is 1. The summed E-state index contributed by atoms with van der Waals surface area (Å²) >= 11 is 0. The van der Waals surface area contributed by atoms with E-state index in [4.69, 9.17) is 9.84 Å². The molecule has 2 heterocycles. The molecule has 0 N–H and O–H groups in total. The molecule has 202 valence electrons. The summed E-state index contributed by atoms with van der Waals surface area (Å²) < 4.78 is 7.01. The summed E-state index contributed by atoms with van der Waals surface area (Å²) in [6, 6.07) is 13.8. The number of hydrogen-bond acceptors (Lipinski definition) is 6. The first-order valence-corrected chi connectivity index (χ1v) is 13.8. The van der Waals surface area contributed by atoms with E-state index in [0.717, 1.165) is 53.5 Å². The van der Waals surface area contributed by atoms with E-state index in [2.05, 4.69) is 16.9 Å². The minimum Gasteiger partial charge on any atom is -0.462 e. The highest BCUT2D eigenvalue weighted by atomic mass is 16.5. The lowest BCUT2D eigenvalue weighted by Gasteiger charge is -2.32. The third-order valence-electron chi connectivity index (χ3n) is 7.47. The maximum absolute atomic E-state index is 13.7. The van der Waals surface area contributed by atoms with Crippen LogP contribution >= 0.6 is 0 Å². The van der Waals surface area contributed by atoms with E-state index in [1.165, 1.54) is 0 Å². The number of carbonyl (C=O) groups is 2. The molecule has 2 aromatic carbocycles. The number of hydrogen-bond donors (Lipinski definition) is 0. The highest BCUT2D eigenvalue weighted by Gasteiger charge is 2.34. The van der Waals surface area contributed by atoms with Gasteiger partial charge in [-0.1, -0.05) is 25.1 Å². The second kappa shape index (κ2) is 11.4. The molecule has 8 heteroatoms. The molecule has 39 heavy (non-hydrogen) atoms. The lowest BCUT2D eigenvalue weighted by molar-refractivity contribution is -0.124. The van der Waals surface area contributed by atoms with Gasteiger partial charge in [0, 0.05) is 30.6 Å². The number of rotatable bonds is 7. The lowest BCUT2D eigenvalue weighted by Crippen LogP contribution is -2.43. The number of carbonyl (C=O) groups excluding carboxylic acids is 2. The molecule has 8 nitrogen and oxygen atoms in total. The molecule has 4 aromatic rings. The van der Waals surface area contributed by atoms with E-state index < -0.39 is 5.97 Å². The van der Waals surface area contributed by atoms with Crippen molar-refractivity contribution in [2.75, 3.05) is 11.5 Å². The van der Waals surface area contributed by atoms with Crippen LogP contribution in [0.15, 0.2) is 61.1 Å². The van der Waals surface area contributed by atoms with Crippen molar-refractivity contribution >= 4 is 28.7 Å². The molecule has 0 atom stereocenters. The van der Waals surface area contributed by atoms with Crippen molar-refractivity contribution in [3.05, 3.63) is 66.6 Å². The third-order valence-corrected chi connectivity index (χ3v) is 7.47. The molecule has 1 fully saturated rings. The Morgan fingerprint density at radius 3 is 2.31 bits per heavy atom. The van der Waals surface area contributed by atoms with E-state index in [-0.39, 0.29) is 24.5 Å². The van der Waals surface area contributed by atoms with Gasteiger partial charge in [-0.15, -0.1) is 5.10 Å². The lowest BCUT2D eigenvalue weighted by atomic mass is 9.82. The molecule has 0 radical (unpaired) electrons. The van der Waals surface area contributed by atoms with Crippen molar-refractivity contribution in [3.63, 3.8) is 0 Å². The first-order valence-electron chi connectivity index (χ1n) is 13.8. The van der Waals surface area contributed by atoms with E-state index in [1.54, 1.807) is 35.1 Å². The SMILES string of the molecule is CCOC(=O)c1cn(-c2ccc(-c3ccc4nccnc4c3)cc2)nc1N(C(=O)C1CCC(C)CC1)C(C)C. The summed E-state index contributed by atoms with van der Waals surface area (Å²) in [5.74, 6) is 0.478. The predicted molar refractivity (Wildman–Crippen MR) is 152 cm³/mol. The van der Waals surface area contributed by atoms with Gasteiger partial charge in [0.1, 0.15) is 5.56 Å². The van der Waals surface area contributed by atoms with Gasteiger partial charge in [-0.25, -0.2) is 9.48 Å². The second-order valence-electron chi connectivity index (χ2n) is 10.6. The molecule has 0 bridgehead atoms. The van der Waals surface area contributed by atoms with Crippen LogP contribution in [0.3, 0.4) is 0 Å². The molecular formula is C31H35N5O3. The summed E-state index contributed by atoms with van der Waals surface area (Å²) in [6.07, 6.45) is 8.84. The molecule has 1 aliphatic rings. The van der Waals surface area contributed by atoms with Gasteiger partial charge in [-0.2, -0.15) is 0 Å². The number of aromatic nitrogens is 4. The average molecular weight is 526 g/mol. The first kappa shape index (κ1) is 26.5. The zero-order valence-electron chi connectivity index (χ0n) is 23.0. The minimum absolute atomic E-state index is 0.0300. The van der Waals surface area contributed by atoms with Crippen LogP contribution in [0.4, 0.5) is 5.82 Å². The van der Waals surface area contributed by atoms with Crippen molar-refractivity contribution in [2.45, 2.75) is 59.4 Å². The zero-order chi connectivity index (χ0) is 27.5. The second-order valence-corrected chi connectivity index (χ2v) is 10.6. The highest BCUT2D eigenvalue weighted by Crippen LogP contribution is 2.33. The Bertz CT molecular complexity index is 1470. The largest absolute Gasteiger partial charge is 0.462 e. The molecule has 0 unspecified atom stereocenters. The number of amides is 1. The standard InChI is InChI=1S/C31H35N5O3/c1-5-39-31(38)26-19-35(34-29(26)36(20(2)3)30(37)23-8-6-21(4)7-9-23)25-13-10-22(11-14-25)24-12-15-27-28(18-24)33-17-16-32-27/h10-21,23H,5-9H2,1-4H3. The fraction of sp³-hybridized carbons (Fsp3) is 0.387. The third kappa shape index (κ3) is 5.55. The summed E-state index contributed by atoms with van der Waals surface area (Å²) in [5.41, 5.74) is 4.80. The van der Waals surface area contributed by atoms with Gasteiger partial charge in [0.15, 0.2) is 5.82 Å². The fourth-order valence-electron chi connectivity index (χ4n) is 5.28. The average Bonchev–Trinajstić information content (AvgIpc) is 3.38. The smallest absolute Gasteiger partial charge is 0.343 e. The monoisotopic (exact) mass is 525 g/mol. The van der Waals surface area contributed by atoms with Crippen LogP contribution in [-0.4, -0.2) is 44.3 Å². The van der Waals surface area contributed by atoms with Crippen molar-refractivity contribution < 1.29 is 14.3 Å². The van der Waals surface area contributed by atoms with Gasteiger partial charge < -0.3 is 4.74 Å². The molecular weight excluding hydrogens is 490 g/mol. The number of ether oxygens (including phenoxy) is 1. The van der Waals surface area contributed by atoms with E-state index in [1.807, 2.05) is 56.3 Å². The Kier molecular flexibility index (Phi) is 7.72. The van der Waals surface area contributed by atoms with Gasteiger partial charge in [0.05, 0.1) is 23.3 Å². The Balaban J connectivity index is 1.48. The van der Waals surface area contributed by atoms with Crippen molar-refractivity contribution in [1.29, 1.82) is 0 Å². The molecule has 1 amide bonds. The van der Waals surface area contributed by atoms with Crippen LogP contribution in [0.25, 0.3) is 27.8 Å². The normalized spacial score (nSPS) is 17.4. The topological polar surface area (TPSA) is 90.2 Å². The fourth-order valence-corrected chi connectivity index (χ4v) is 5.28. The van der Waals surface area contributed by atoms with Crippen LogP contribution in [0.5, 0.6) is 0 Å². The Morgan fingerprint density at radius 2 is 1.64 bits per heavy atom. The summed E-state index contributed by atoms with van der Waals surface area (Å²) in [7, 11) is 0. The van der Waals surface area contributed by atoms with E-state index in [9.17, 15) is 9.59 Å². The van der Waals surface area contributed by atoms with Gasteiger partial charge in [0.2, 0.25) is 5.91 Å². The Labute approximate surface area is 229 Å². The summed E-state index contributed by atoms with van der Waals surface area (Å²) in [6.45, 7) is 8.17. The summed E-state index contributed by atoms with van der Waals surface area (Å²) in [5, 5.41) is 4.78. The maximum Gasteiger partial charge on any atom is 0.343 e. The molecule has 0 spiro atoms. The highest BCUT2D eigenvalue weighted by molar-refractivity contribution is 6.02.